The largest absolute Gasteiger partial charge is 0.360 e. The lowest BCUT2D eigenvalue weighted by molar-refractivity contribution is -0.119. The number of halogens is 1. The van der Waals surface area contributed by atoms with Crippen LogP contribution < -0.4 is 9.80 Å². The zero-order chi connectivity index (χ0) is 20.5. The average molecular weight is 423 g/mol. The van der Waals surface area contributed by atoms with Gasteiger partial charge < -0.3 is 14.5 Å². The molecule has 2 aromatic heterocycles. The number of fused-ring (bicyclic) bond motifs is 1. The minimum absolute atomic E-state index is 0.0138. The van der Waals surface area contributed by atoms with Crippen LogP contribution in [-0.4, -0.2) is 53.4 Å². The Bertz CT molecular complexity index is 853. The molecular formula is C18H27ClN6O2Si. The number of carbonyl (C=O) groups excluding carboxylic acids is 1. The van der Waals surface area contributed by atoms with Gasteiger partial charge in [-0.3, -0.25) is 4.79 Å². The lowest BCUT2D eigenvalue weighted by Crippen LogP contribution is -2.50. The molecule has 10 heteroatoms. The van der Waals surface area contributed by atoms with Gasteiger partial charge in [-0.25, -0.2) is 9.67 Å². The molecule has 1 unspecified atom stereocenters. The second-order valence-corrected chi connectivity index (χ2v) is 14.1. The molecule has 28 heavy (non-hydrogen) atoms. The molecule has 3 heterocycles. The van der Waals surface area contributed by atoms with Gasteiger partial charge in [-0.2, -0.15) is 10.1 Å². The molecule has 3 rings (SSSR count). The van der Waals surface area contributed by atoms with Gasteiger partial charge in [-0.15, -0.1) is 0 Å². The van der Waals surface area contributed by atoms with Crippen molar-refractivity contribution in [3.8, 4) is 0 Å². The highest BCUT2D eigenvalue weighted by Gasteiger charge is 2.38. The van der Waals surface area contributed by atoms with Crippen molar-refractivity contribution in [2.45, 2.75) is 51.8 Å². The van der Waals surface area contributed by atoms with E-state index in [0.29, 0.717) is 24.7 Å². The number of likely N-dealkylation sites (N-methyl/N-ethyl adjacent to an activating group) is 1. The van der Waals surface area contributed by atoms with Gasteiger partial charge in [0, 0.05) is 21.7 Å². The second kappa shape index (κ2) is 8.18. The fraction of sp³-hybridized carbons (Fsp3) is 0.556. The van der Waals surface area contributed by atoms with E-state index in [-0.39, 0.29) is 17.2 Å². The fourth-order valence-corrected chi connectivity index (χ4v) is 3.99. The average Bonchev–Trinajstić information content (AvgIpc) is 3.09. The van der Waals surface area contributed by atoms with Gasteiger partial charge >= 0.3 is 0 Å². The van der Waals surface area contributed by atoms with Crippen LogP contribution in [0.4, 0.5) is 17.2 Å². The number of amides is 1. The van der Waals surface area contributed by atoms with Crippen LogP contribution >= 0.6 is 11.6 Å². The summed E-state index contributed by atoms with van der Waals surface area (Å²) < 4.78 is 7.50. The van der Waals surface area contributed by atoms with Crippen LogP contribution in [0.25, 0.3) is 0 Å². The summed E-state index contributed by atoms with van der Waals surface area (Å²) in [5, 5.41) is 4.54. The summed E-state index contributed by atoms with van der Waals surface area (Å²) in [5.74, 6) is 0.591. The first-order valence-corrected chi connectivity index (χ1v) is 13.5. The van der Waals surface area contributed by atoms with Crippen molar-refractivity contribution >= 4 is 42.8 Å². The number of nitrogens with zero attached hydrogens (tertiary/aromatic N) is 6. The van der Waals surface area contributed by atoms with Gasteiger partial charge in [0.15, 0.2) is 5.82 Å². The number of carbonyl (C=O) groups is 1. The molecule has 1 aliphatic heterocycles. The number of ether oxygens (including phenoxy) is 1. The molecule has 8 nitrogen and oxygen atoms in total. The van der Waals surface area contributed by atoms with Gasteiger partial charge in [0.1, 0.15) is 18.5 Å². The third-order valence-electron chi connectivity index (χ3n) is 4.74. The van der Waals surface area contributed by atoms with Gasteiger partial charge in [0.05, 0.1) is 24.3 Å². The Labute approximate surface area is 171 Å². The van der Waals surface area contributed by atoms with Crippen molar-refractivity contribution in [2.75, 3.05) is 23.5 Å². The van der Waals surface area contributed by atoms with E-state index in [2.05, 4.69) is 34.7 Å². The second-order valence-electron chi connectivity index (χ2n) is 8.13. The highest BCUT2D eigenvalue weighted by molar-refractivity contribution is 6.76. The molecule has 0 aliphatic carbocycles. The maximum absolute atomic E-state index is 12.8. The molecule has 0 aromatic carbocycles. The van der Waals surface area contributed by atoms with Crippen molar-refractivity contribution < 1.29 is 9.53 Å². The maximum Gasteiger partial charge on any atom is 0.250 e. The molecule has 0 radical (unpaired) electrons. The molecule has 1 amide bonds. The molecule has 0 saturated carbocycles. The predicted octanol–water partition coefficient (Wildman–Crippen LogP) is 3.53. The normalized spacial score (nSPS) is 17.2. The molecule has 0 fully saturated rings. The highest BCUT2D eigenvalue weighted by Crippen LogP contribution is 2.39. The summed E-state index contributed by atoms with van der Waals surface area (Å²) in [4.78, 5) is 24.7. The number of hydrogen-bond acceptors (Lipinski definition) is 6. The summed E-state index contributed by atoms with van der Waals surface area (Å²) in [7, 11) is 0.608. The van der Waals surface area contributed by atoms with Crippen LogP contribution in [0.5, 0.6) is 0 Å². The molecule has 0 N–H and O–H groups in total. The Morgan fingerprint density at radius 1 is 1.29 bits per heavy atom. The van der Waals surface area contributed by atoms with E-state index in [1.54, 1.807) is 29.0 Å². The van der Waals surface area contributed by atoms with Crippen molar-refractivity contribution in [1.82, 2.24) is 19.7 Å². The first kappa shape index (κ1) is 20.8. The quantitative estimate of drug-likeness (QED) is 0.386. The highest BCUT2D eigenvalue weighted by atomic mass is 35.5. The summed E-state index contributed by atoms with van der Waals surface area (Å²) in [6.07, 6.45) is 5.80. The van der Waals surface area contributed by atoms with E-state index in [9.17, 15) is 4.79 Å². The van der Waals surface area contributed by atoms with Crippen molar-refractivity contribution in [3.05, 3.63) is 23.9 Å². The molecule has 1 atom stereocenters. The molecule has 152 valence electrons. The Balaban J connectivity index is 1.84. The van der Waals surface area contributed by atoms with Crippen LogP contribution in [0.15, 0.2) is 18.6 Å². The molecule has 0 spiro atoms. The Kier molecular flexibility index (Phi) is 6.06. The number of rotatable bonds is 7. The zero-order valence-electron chi connectivity index (χ0n) is 17.0. The van der Waals surface area contributed by atoms with E-state index in [1.165, 1.54) is 0 Å². The first-order valence-electron chi connectivity index (χ1n) is 9.41. The van der Waals surface area contributed by atoms with Crippen LogP contribution in [0, 0.1) is 0 Å². The Hall–Kier alpha value is -1.97. The predicted molar refractivity (Wildman–Crippen MR) is 113 cm³/mol. The van der Waals surface area contributed by atoms with Crippen LogP contribution in [0.2, 0.25) is 31.0 Å². The lowest BCUT2D eigenvalue weighted by atomic mass is 10.1. The van der Waals surface area contributed by atoms with Crippen LogP contribution in [0.3, 0.4) is 0 Å². The van der Waals surface area contributed by atoms with E-state index in [1.807, 2.05) is 18.0 Å². The van der Waals surface area contributed by atoms with Gasteiger partial charge in [-0.1, -0.05) is 26.6 Å². The number of hydrogen-bond donors (Lipinski definition) is 0. The molecule has 2 aromatic rings. The van der Waals surface area contributed by atoms with Gasteiger partial charge in [-0.05, 0) is 24.1 Å². The SMILES string of the molecule is CCC1C(=O)N(C)c2cnc(Cl)nc2N1c1cnn(COCC[Si](C)(C)C)c1. The summed E-state index contributed by atoms with van der Waals surface area (Å²) in [6, 6.07) is 0.725. The molecule has 0 saturated heterocycles. The minimum atomic E-state index is -1.12. The smallest absolute Gasteiger partial charge is 0.250 e. The Morgan fingerprint density at radius 2 is 2.04 bits per heavy atom. The third kappa shape index (κ3) is 4.36. The topological polar surface area (TPSA) is 76.4 Å². The van der Waals surface area contributed by atoms with Crippen molar-refractivity contribution in [1.29, 1.82) is 0 Å². The van der Waals surface area contributed by atoms with E-state index < -0.39 is 8.07 Å². The van der Waals surface area contributed by atoms with Crippen molar-refractivity contribution in [2.24, 2.45) is 0 Å². The number of anilines is 3. The third-order valence-corrected chi connectivity index (χ3v) is 6.63. The van der Waals surface area contributed by atoms with E-state index in [4.69, 9.17) is 16.3 Å². The Morgan fingerprint density at radius 3 is 2.71 bits per heavy atom. The fourth-order valence-electron chi connectivity index (χ4n) is 3.10. The van der Waals surface area contributed by atoms with Gasteiger partial charge in [0.25, 0.3) is 0 Å². The van der Waals surface area contributed by atoms with Crippen molar-refractivity contribution in [3.63, 3.8) is 0 Å². The van der Waals surface area contributed by atoms with Crippen LogP contribution in [0.1, 0.15) is 13.3 Å². The summed E-state index contributed by atoms with van der Waals surface area (Å²) >= 11 is 6.04. The van der Waals surface area contributed by atoms with Gasteiger partial charge in [0.2, 0.25) is 11.2 Å². The monoisotopic (exact) mass is 422 g/mol. The standard InChI is InChI=1S/C18H27ClN6O2Si/c1-6-14-17(26)23(2)15-10-20-18(19)22-16(15)25(14)13-9-21-24(11-13)12-27-7-8-28(3,4)5/h9-11,14H,6-8,12H2,1-5H3. The minimum Gasteiger partial charge on any atom is -0.360 e. The lowest BCUT2D eigenvalue weighted by Gasteiger charge is -2.39. The molecule has 1 aliphatic rings. The van der Waals surface area contributed by atoms with E-state index in [0.717, 1.165) is 18.3 Å². The summed E-state index contributed by atoms with van der Waals surface area (Å²) in [5.41, 5.74) is 1.40. The number of aromatic nitrogens is 4. The first-order chi connectivity index (χ1) is 13.2. The van der Waals surface area contributed by atoms with Crippen LogP contribution in [-0.2, 0) is 16.3 Å². The molecular weight excluding hydrogens is 396 g/mol. The van der Waals surface area contributed by atoms with E-state index >= 15 is 0 Å². The molecule has 0 bridgehead atoms. The zero-order valence-corrected chi connectivity index (χ0v) is 18.8. The summed E-state index contributed by atoms with van der Waals surface area (Å²) in [6.45, 7) is 10.0. The maximum atomic E-state index is 12.8.